The highest BCUT2D eigenvalue weighted by molar-refractivity contribution is 4.82. The zero-order valence-electron chi connectivity index (χ0n) is 12.3. The Labute approximate surface area is 113 Å². The van der Waals surface area contributed by atoms with E-state index in [9.17, 15) is 0 Å². The highest BCUT2D eigenvalue weighted by atomic mass is 15.3. The Bertz CT molecular complexity index is 224. The molecule has 0 aromatic heterocycles. The second kappa shape index (κ2) is 7.46. The molecule has 0 amide bonds. The minimum atomic E-state index is 0.734. The summed E-state index contributed by atoms with van der Waals surface area (Å²) in [6.45, 7) is 12.1. The normalized spacial score (nSPS) is 33.0. The van der Waals surface area contributed by atoms with Gasteiger partial charge >= 0.3 is 0 Å². The number of rotatable bonds is 3. The minimum Gasteiger partial charge on any atom is -0.313 e. The van der Waals surface area contributed by atoms with Crippen molar-refractivity contribution in [1.82, 2.24) is 15.1 Å². The van der Waals surface area contributed by atoms with E-state index in [1.807, 2.05) is 0 Å². The third-order valence-electron chi connectivity index (χ3n) is 4.65. The molecule has 3 nitrogen and oxygen atoms in total. The van der Waals surface area contributed by atoms with Crippen molar-refractivity contribution in [2.45, 2.75) is 58.0 Å². The van der Waals surface area contributed by atoms with Gasteiger partial charge in [0.1, 0.15) is 0 Å². The summed E-state index contributed by atoms with van der Waals surface area (Å²) in [4.78, 5) is 5.28. The van der Waals surface area contributed by atoms with Gasteiger partial charge in [-0.1, -0.05) is 26.2 Å². The van der Waals surface area contributed by atoms with E-state index in [0.29, 0.717) is 0 Å². The Balaban J connectivity index is 1.75. The monoisotopic (exact) mass is 253 g/mol. The van der Waals surface area contributed by atoms with Crippen LogP contribution in [0, 0.1) is 0 Å². The van der Waals surface area contributed by atoms with Gasteiger partial charge in [-0.05, 0) is 32.9 Å². The Hall–Kier alpha value is -0.120. The SMILES string of the molecule is CCN1CCN(CC2CCCCCCN2)CC1C. The Morgan fingerprint density at radius 3 is 2.72 bits per heavy atom. The van der Waals surface area contributed by atoms with Crippen LogP contribution in [0.25, 0.3) is 0 Å². The molecule has 2 aliphatic rings. The summed E-state index contributed by atoms with van der Waals surface area (Å²) in [7, 11) is 0. The number of piperazine rings is 1. The molecule has 0 bridgehead atoms. The van der Waals surface area contributed by atoms with E-state index in [1.165, 1.54) is 71.4 Å². The van der Waals surface area contributed by atoms with Gasteiger partial charge in [0, 0.05) is 38.3 Å². The van der Waals surface area contributed by atoms with Gasteiger partial charge in [-0.2, -0.15) is 0 Å². The fourth-order valence-electron chi connectivity index (χ4n) is 3.45. The smallest absolute Gasteiger partial charge is 0.0195 e. The van der Waals surface area contributed by atoms with Crippen LogP contribution < -0.4 is 5.32 Å². The van der Waals surface area contributed by atoms with Crippen LogP contribution in [0.4, 0.5) is 0 Å². The Kier molecular flexibility index (Phi) is 5.93. The molecule has 0 aliphatic carbocycles. The lowest BCUT2D eigenvalue weighted by molar-refractivity contribution is 0.0798. The second-order valence-corrected chi connectivity index (χ2v) is 6.09. The number of hydrogen-bond acceptors (Lipinski definition) is 3. The van der Waals surface area contributed by atoms with E-state index >= 15 is 0 Å². The fraction of sp³-hybridized carbons (Fsp3) is 1.00. The highest BCUT2D eigenvalue weighted by Crippen LogP contribution is 2.13. The van der Waals surface area contributed by atoms with Gasteiger partial charge in [0.15, 0.2) is 0 Å². The van der Waals surface area contributed by atoms with Gasteiger partial charge in [-0.25, -0.2) is 0 Å². The molecule has 2 fully saturated rings. The molecule has 0 aromatic rings. The molecule has 2 aliphatic heterocycles. The predicted molar refractivity (Wildman–Crippen MR) is 78.0 cm³/mol. The van der Waals surface area contributed by atoms with Crippen LogP contribution in [0.2, 0.25) is 0 Å². The summed E-state index contributed by atoms with van der Waals surface area (Å²) in [5, 5.41) is 3.75. The molecule has 2 heterocycles. The van der Waals surface area contributed by atoms with Crippen LogP contribution in [0.5, 0.6) is 0 Å². The lowest BCUT2D eigenvalue weighted by atomic mass is 10.0. The van der Waals surface area contributed by atoms with Crippen molar-refractivity contribution in [1.29, 1.82) is 0 Å². The molecular weight excluding hydrogens is 222 g/mol. The van der Waals surface area contributed by atoms with Crippen molar-refractivity contribution in [3.63, 3.8) is 0 Å². The summed E-state index contributed by atoms with van der Waals surface area (Å²) in [6.07, 6.45) is 7.03. The maximum atomic E-state index is 3.75. The molecule has 2 unspecified atom stereocenters. The van der Waals surface area contributed by atoms with Crippen molar-refractivity contribution < 1.29 is 0 Å². The molecule has 0 saturated carbocycles. The first-order chi connectivity index (χ1) is 8.79. The zero-order chi connectivity index (χ0) is 12.8. The standard InChI is InChI=1S/C15H31N3/c1-3-18-11-10-17(12-14(18)2)13-15-8-6-4-5-7-9-16-15/h14-16H,3-13H2,1-2H3. The number of nitrogens with one attached hydrogen (secondary N) is 1. The molecule has 2 atom stereocenters. The third-order valence-corrected chi connectivity index (χ3v) is 4.65. The van der Waals surface area contributed by atoms with Crippen molar-refractivity contribution >= 4 is 0 Å². The first kappa shape index (κ1) is 14.3. The minimum absolute atomic E-state index is 0.734. The molecule has 0 aromatic carbocycles. The van der Waals surface area contributed by atoms with Gasteiger partial charge in [0.05, 0.1) is 0 Å². The lowest BCUT2D eigenvalue weighted by Crippen LogP contribution is -2.54. The topological polar surface area (TPSA) is 18.5 Å². The number of likely N-dealkylation sites (N-methyl/N-ethyl adjacent to an activating group) is 1. The lowest BCUT2D eigenvalue weighted by Gasteiger charge is -2.41. The summed E-state index contributed by atoms with van der Waals surface area (Å²) in [5.41, 5.74) is 0. The quantitative estimate of drug-likeness (QED) is 0.829. The Morgan fingerprint density at radius 2 is 1.94 bits per heavy atom. The molecule has 2 rings (SSSR count). The van der Waals surface area contributed by atoms with Gasteiger partial charge in [0.2, 0.25) is 0 Å². The first-order valence-corrected chi connectivity index (χ1v) is 7.99. The molecule has 1 N–H and O–H groups in total. The van der Waals surface area contributed by atoms with Crippen LogP contribution in [0.15, 0.2) is 0 Å². The predicted octanol–water partition coefficient (Wildman–Crippen LogP) is 1.93. The molecule has 106 valence electrons. The zero-order valence-corrected chi connectivity index (χ0v) is 12.3. The third kappa shape index (κ3) is 4.22. The maximum absolute atomic E-state index is 3.75. The average Bonchev–Trinajstić information content (AvgIpc) is 2.33. The van der Waals surface area contributed by atoms with Crippen molar-refractivity contribution in [3.05, 3.63) is 0 Å². The first-order valence-electron chi connectivity index (χ1n) is 7.99. The summed E-state index contributed by atoms with van der Waals surface area (Å²) >= 11 is 0. The van der Waals surface area contributed by atoms with E-state index in [4.69, 9.17) is 0 Å². The second-order valence-electron chi connectivity index (χ2n) is 6.09. The fourth-order valence-corrected chi connectivity index (χ4v) is 3.45. The van der Waals surface area contributed by atoms with Crippen LogP contribution in [0.1, 0.15) is 46.0 Å². The van der Waals surface area contributed by atoms with Crippen LogP contribution in [-0.2, 0) is 0 Å². The Morgan fingerprint density at radius 1 is 1.11 bits per heavy atom. The van der Waals surface area contributed by atoms with Gasteiger partial charge in [-0.3, -0.25) is 9.80 Å². The summed E-state index contributed by atoms with van der Waals surface area (Å²) < 4.78 is 0. The van der Waals surface area contributed by atoms with Gasteiger partial charge in [0.25, 0.3) is 0 Å². The molecule has 0 spiro atoms. The van der Waals surface area contributed by atoms with Crippen molar-refractivity contribution in [2.24, 2.45) is 0 Å². The van der Waals surface area contributed by atoms with E-state index < -0.39 is 0 Å². The molecule has 3 heteroatoms. The molecular formula is C15H31N3. The molecule has 18 heavy (non-hydrogen) atoms. The number of hydrogen-bond donors (Lipinski definition) is 1. The maximum Gasteiger partial charge on any atom is 0.0195 e. The van der Waals surface area contributed by atoms with Crippen LogP contribution >= 0.6 is 0 Å². The van der Waals surface area contributed by atoms with Crippen molar-refractivity contribution in [2.75, 3.05) is 39.3 Å². The van der Waals surface area contributed by atoms with Crippen molar-refractivity contribution in [3.8, 4) is 0 Å². The van der Waals surface area contributed by atoms with Crippen LogP contribution in [-0.4, -0.2) is 61.2 Å². The average molecular weight is 253 g/mol. The van der Waals surface area contributed by atoms with E-state index in [0.717, 1.165) is 12.1 Å². The van der Waals surface area contributed by atoms with E-state index in [1.54, 1.807) is 0 Å². The molecule has 2 saturated heterocycles. The summed E-state index contributed by atoms with van der Waals surface area (Å²) in [6, 6.07) is 1.47. The van der Waals surface area contributed by atoms with E-state index in [-0.39, 0.29) is 0 Å². The molecule has 0 radical (unpaired) electrons. The highest BCUT2D eigenvalue weighted by Gasteiger charge is 2.24. The van der Waals surface area contributed by atoms with E-state index in [2.05, 4.69) is 29.0 Å². The van der Waals surface area contributed by atoms with Gasteiger partial charge in [-0.15, -0.1) is 0 Å². The van der Waals surface area contributed by atoms with Crippen LogP contribution in [0.3, 0.4) is 0 Å². The van der Waals surface area contributed by atoms with Gasteiger partial charge < -0.3 is 5.32 Å². The largest absolute Gasteiger partial charge is 0.313 e. The summed E-state index contributed by atoms with van der Waals surface area (Å²) in [5.74, 6) is 0. The number of nitrogens with zero attached hydrogens (tertiary/aromatic N) is 2.